The second-order valence-electron chi connectivity index (χ2n) is 5.99. The van der Waals surface area contributed by atoms with Gasteiger partial charge in [0.25, 0.3) is 0 Å². The summed E-state index contributed by atoms with van der Waals surface area (Å²) in [6.07, 6.45) is 9.33. The summed E-state index contributed by atoms with van der Waals surface area (Å²) in [6, 6.07) is 1.96. The number of hydrogen-bond acceptors (Lipinski definition) is 4. The number of amidine groups is 1. The molecule has 0 unspecified atom stereocenters. The van der Waals surface area contributed by atoms with Crippen LogP contribution in [-0.2, 0) is 11.9 Å². The molecule has 0 aromatic carbocycles. The summed E-state index contributed by atoms with van der Waals surface area (Å²) in [7, 11) is 1.91. The van der Waals surface area contributed by atoms with Crippen LogP contribution in [0.4, 0.5) is 0 Å². The first-order valence-corrected chi connectivity index (χ1v) is 6.73. The van der Waals surface area contributed by atoms with E-state index in [1.54, 1.807) is 4.68 Å². The molecule has 1 aromatic rings. The highest BCUT2D eigenvalue weighted by molar-refractivity contribution is 5.97. The Morgan fingerprint density at radius 3 is 2.56 bits per heavy atom. The minimum Gasteiger partial charge on any atom is -0.275 e. The van der Waals surface area contributed by atoms with Crippen LogP contribution in [0.3, 0.4) is 0 Å². The number of aromatic nitrogens is 2. The van der Waals surface area contributed by atoms with Gasteiger partial charge in [0.05, 0.1) is 0 Å². The van der Waals surface area contributed by atoms with Crippen molar-refractivity contribution in [3.8, 4) is 0 Å². The fourth-order valence-corrected chi connectivity index (χ4v) is 3.11. The van der Waals surface area contributed by atoms with Gasteiger partial charge in [-0.2, -0.15) is 5.10 Å². The minimum atomic E-state index is -0.319. The molecule has 1 N–H and O–H groups in total. The Hall–Kier alpha value is -1.36. The number of hydrogen-bond donors (Lipinski definition) is 1. The van der Waals surface area contributed by atoms with E-state index in [1.807, 2.05) is 19.3 Å². The molecule has 2 aliphatic carbocycles. The Balaban J connectivity index is 1.56. The molecule has 4 rings (SSSR count). The molecule has 0 atom stereocenters. The van der Waals surface area contributed by atoms with Crippen LogP contribution in [0.1, 0.15) is 44.2 Å². The van der Waals surface area contributed by atoms with E-state index in [9.17, 15) is 0 Å². The Morgan fingerprint density at radius 1 is 1.22 bits per heavy atom. The number of nitrogens with one attached hydrogen (secondary N) is 1. The van der Waals surface area contributed by atoms with Gasteiger partial charge in [-0.15, -0.1) is 0 Å². The average Bonchev–Trinajstić information content (AvgIpc) is 2.82. The second-order valence-corrected chi connectivity index (χ2v) is 5.99. The fraction of sp³-hybridized carbons (Fsp3) is 0.692. The first-order valence-electron chi connectivity index (χ1n) is 6.73. The van der Waals surface area contributed by atoms with E-state index in [2.05, 4.69) is 10.6 Å². The minimum absolute atomic E-state index is 0.319. The fourth-order valence-electron chi connectivity index (χ4n) is 3.11. The summed E-state index contributed by atoms with van der Waals surface area (Å²) >= 11 is 0. The lowest BCUT2D eigenvalue weighted by Gasteiger charge is -2.33. The first-order chi connectivity index (χ1) is 8.69. The standard InChI is InChI=1S/C13H18N4O/c1-17-9-2-10(15-17)11-14-13(18-16-11)7-5-12(3-4-12)6-8-13/h2,9H,3-8H2,1H3,(H,14,16). The van der Waals surface area contributed by atoms with Crippen molar-refractivity contribution in [3.05, 3.63) is 18.0 Å². The maximum Gasteiger partial charge on any atom is 0.187 e. The van der Waals surface area contributed by atoms with Crippen LogP contribution in [0.2, 0.25) is 0 Å². The van der Waals surface area contributed by atoms with Gasteiger partial charge < -0.3 is 0 Å². The lowest BCUT2D eigenvalue weighted by Crippen LogP contribution is -2.35. The maximum absolute atomic E-state index is 5.78. The third-order valence-corrected chi connectivity index (χ3v) is 4.66. The summed E-state index contributed by atoms with van der Waals surface area (Å²) < 4.78 is 1.78. The Morgan fingerprint density at radius 2 is 1.94 bits per heavy atom. The van der Waals surface area contributed by atoms with Gasteiger partial charge in [-0.3, -0.25) is 4.68 Å². The molecule has 96 valence electrons. The molecule has 5 nitrogen and oxygen atoms in total. The average molecular weight is 246 g/mol. The van der Waals surface area contributed by atoms with Gasteiger partial charge >= 0.3 is 0 Å². The molecule has 0 radical (unpaired) electrons. The van der Waals surface area contributed by atoms with Crippen LogP contribution in [-0.4, -0.2) is 21.3 Å². The SMILES string of the molecule is Cn1ccc(C2=NC3(CCC4(CC4)CC3)ON2)n1. The van der Waals surface area contributed by atoms with Crippen molar-refractivity contribution in [2.24, 2.45) is 17.5 Å². The number of aryl methyl sites for hydroxylation is 1. The number of aliphatic imine (C=N–C) groups is 1. The Labute approximate surface area is 106 Å². The van der Waals surface area contributed by atoms with Crippen molar-refractivity contribution in [2.75, 3.05) is 0 Å². The smallest absolute Gasteiger partial charge is 0.187 e. The number of rotatable bonds is 1. The van der Waals surface area contributed by atoms with E-state index in [0.29, 0.717) is 5.41 Å². The van der Waals surface area contributed by atoms with Gasteiger partial charge in [0, 0.05) is 13.2 Å². The zero-order valence-electron chi connectivity index (χ0n) is 10.6. The molecule has 0 amide bonds. The molecule has 0 saturated heterocycles. The topological polar surface area (TPSA) is 51.4 Å². The van der Waals surface area contributed by atoms with Crippen molar-refractivity contribution < 1.29 is 4.84 Å². The van der Waals surface area contributed by atoms with Gasteiger partial charge in [0.1, 0.15) is 5.69 Å². The lowest BCUT2D eigenvalue weighted by atomic mass is 9.81. The van der Waals surface area contributed by atoms with Crippen LogP contribution in [0.25, 0.3) is 0 Å². The lowest BCUT2D eigenvalue weighted by molar-refractivity contribution is -0.0863. The van der Waals surface area contributed by atoms with Gasteiger partial charge in [0.2, 0.25) is 0 Å². The van der Waals surface area contributed by atoms with Crippen molar-refractivity contribution >= 4 is 5.84 Å². The van der Waals surface area contributed by atoms with Crippen LogP contribution in [0, 0.1) is 5.41 Å². The molecular weight excluding hydrogens is 228 g/mol. The Bertz CT molecular complexity index is 505. The van der Waals surface area contributed by atoms with Gasteiger partial charge in [-0.25, -0.2) is 15.3 Å². The van der Waals surface area contributed by atoms with Crippen molar-refractivity contribution in [3.63, 3.8) is 0 Å². The highest BCUT2D eigenvalue weighted by Gasteiger charge is 2.51. The van der Waals surface area contributed by atoms with Crippen molar-refractivity contribution in [1.82, 2.24) is 15.3 Å². The molecule has 2 fully saturated rings. The van der Waals surface area contributed by atoms with E-state index in [0.717, 1.165) is 24.4 Å². The Kier molecular flexibility index (Phi) is 1.96. The van der Waals surface area contributed by atoms with Crippen LogP contribution < -0.4 is 5.48 Å². The monoisotopic (exact) mass is 246 g/mol. The molecule has 2 heterocycles. The van der Waals surface area contributed by atoms with Crippen molar-refractivity contribution in [2.45, 2.75) is 44.2 Å². The first kappa shape index (κ1) is 10.6. The number of nitrogens with zero attached hydrogens (tertiary/aromatic N) is 3. The van der Waals surface area contributed by atoms with E-state index < -0.39 is 0 Å². The highest BCUT2D eigenvalue weighted by atomic mass is 16.7. The number of hydroxylamine groups is 1. The molecule has 18 heavy (non-hydrogen) atoms. The van der Waals surface area contributed by atoms with E-state index >= 15 is 0 Å². The molecular formula is C13H18N4O. The zero-order valence-corrected chi connectivity index (χ0v) is 10.6. The predicted octanol–water partition coefficient (Wildman–Crippen LogP) is 1.75. The maximum atomic E-state index is 5.78. The molecule has 0 bridgehead atoms. The molecule has 2 spiro atoms. The van der Waals surface area contributed by atoms with Crippen LogP contribution >= 0.6 is 0 Å². The predicted molar refractivity (Wildman–Crippen MR) is 66.8 cm³/mol. The van der Waals surface area contributed by atoms with E-state index in [-0.39, 0.29) is 5.72 Å². The summed E-state index contributed by atoms with van der Waals surface area (Å²) in [5, 5.41) is 4.36. The zero-order chi connectivity index (χ0) is 12.2. The third-order valence-electron chi connectivity index (χ3n) is 4.66. The molecule has 3 aliphatic rings. The van der Waals surface area contributed by atoms with Gasteiger partial charge in [-0.05, 0) is 50.0 Å². The van der Waals surface area contributed by atoms with Crippen LogP contribution in [0.15, 0.2) is 17.3 Å². The van der Waals surface area contributed by atoms with E-state index in [4.69, 9.17) is 9.83 Å². The quantitative estimate of drug-likeness (QED) is 0.821. The summed E-state index contributed by atoms with van der Waals surface area (Å²) in [6.45, 7) is 0. The molecule has 1 aliphatic heterocycles. The largest absolute Gasteiger partial charge is 0.275 e. The molecule has 5 heteroatoms. The van der Waals surface area contributed by atoms with Gasteiger partial charge in [0.15, 0.2) is 11.6 Å². The summed E-state index contributed by atoms with van der Waals surface area (Å²) in [5.74, 6) is 0.780. The second kappa shape index (κ2) is 3.35. The third kappa shape index (κ3) is 1.57. The summed E-state index contributed by atoms with van der Waals surface area (Å²) in [4.78, 5) is 10.5. The molecule has 2 saturated carbocycles. The van der Waals surface area contributed by atoms with E-state index in [1.165, 1.54) is 25.7 Å². The normalized spacial score (nSPS) is 27.3. The van der Waals surface area contributed by atoms with Crippen molar-refractivity contribution in [1.29, 1.82) is 0 Å². The highest BCUT2D eigenvalue weighted by Crippen LogP contribution is 2.58. The molecule has 1 aromatic heterocycles. The van der Waals surface area contributed by atoms with Gasteiger partial charge in [-0.1, -0.05) is 0 Å². The summed E-state index contributed by atoms with van der Waals surface area (Å²) in [5.41, 5.74) is 4.18. The van der Waals surface area contributed by atoms with Crippen LogP contribution in [0.5, 0.6) is 0 Å².